The Labute approximate surface area is 166 Å². The van der Waals surface area contributed by atoms with Crippen LogP contribution in [-0.4, -0.2) is 0 Å². The molecule has 0 saturated carbocycles. The highest BCUT2D eigenvalue weighted by molar-refractivity contribution is 7.26. The van der Waals surface area contributed by atoms with Crippen LogP contribution in [0.15, 0.2) is 73.8 Å². The van der Waals surface area contributed by atoms with Crippen LogP contribution in [0.5, 0.6) is 0 Å². The summed E-state index contributed by atoms with van der Waals surface area (Å²) in [5.74, 6) is 0. The molecule has 0 fully saturated rings. The molecule has 0 atom stereocenters. The average Bonchev–Trinajstić information content (AvgIpc) is 3.06. The summed E-state index contributed by atoms with van der Waals surface area (Å²) in [6.45, 7) is 15.5. The molecule has 0 amide bonds. The highest BCUT2D eigenvalue weighted by atomic mass is 32.1. The van der Waals surface area contributed by atoms with Gasteiger partial charge in [-0.1, -0.05) is 82.3 Å². The molecule has 0 bridgehead atoms. The molecule has 1 heteroatoms. The summed E-state index contributed by atoms with van der Waals surface area (Å²) in [6.07, 6.45) is 0. The van der Waals surface area contributed by atoms with Gasteiger partial charge in [-0.05, 0) is 28.3 Å². The Morgan fingerprint density at radius 2 is 1.22 bits per heavy atom. The molecular weight excluding hydrogens is 344 g/mol. The van der Waals surface area contributed by atoms with Crippen LogP contribution < -0.4 is 0 Å². The first kappa shape index (κ1) is 18.0. The van der Waals surface area contributed by atoms with Crippen LogP contribution in [0, 0.1) is 0 Å². The van der Waals surface area contributed by atoms with E-state index < -0.39 is 0 Å². The Hall–Kier alpha value is -2.38. The van der Waals surface area contributed by atoms with E-state index in [1.165, 1.54) is 42.4 Å². The molecule has 0 aliphatic heterocycles. The Morgan fingerprint density at radius 3 is 1.93 bits per heavy atom. The van der Waals surface area contributed by atoms with Crippen molar-refractivity contribution in [2.75, 3.05) is 0 Å². The van der Waals surface area contributed by atoms with Gasteiger partial charge in [0.2, 0.25) is 0 Å². The molecule has 0 unspecified atom stereocenters. The molecule has 0 N–H and O–H groups in total. The zero-order chi connectivity index (χ0) is 19.4. The third-order valence-corrected chi connectivity index (χ3v) is 7.32. The summed E-state index contributed by atoms with van der Waals surface area (Å²) in [7, 11) is 0. The lowest BCUT2D eigenvalue weighted by atomic mass is 9.60. The second-order valence-corrected chi connectivity index (χ2v) is 9.31. The van der Waals surface area contributed by atoms with Gasteiger partial charge in [-0.15, -0.1) is 24.5 Å². The molecule has 1 aliphatic rings. The second kappa shape index (κ2) is 6.07. The number of fused-ring (bicyclic) bond motifs is 6. The van der Waals surface area contributed by atoms with Gasteiger partial charge >= 0.3 is 0 Å². The first-order valence-corrected chi connectivity index (χ1v) is 10.3. The summed E-state index contributed by atoms with van der Waals surface area (Å²) in [4.78, 5) is 0. The fraction of sp³-hybridized carbons (Fsp3) is 0.231. The quantitative estimate of drug-likeness (QED) is 0.277. The van der Waals surface area contributed by atoms with E-state index >= 15 is 0 Å². The number of thiophene rings is 1. The third-order valence-electron chi connectivity index (χ3n) is 6.12. The van der Waals surface area contributed by atoms with E-state index in [4.69, 9.17) is 0 Å². The first-order valence-electron chi connectivity index (χ1n) is 9.47. The second-order valence-electron chi connectivity index (χ2n) is 8.26. The minimum atomic E-state index is 0.0157. The van der Waals surface area contributed by atoms with Gasteiger partial charge in [0.05, 0.1) is 0 Å². The minimum Gasteiger partial charge on any atom is -0.135 e. The largest absolute Gasteiger partial charge is 0.135 e. The summed E-state index contributed by atoms with van der Waals surface area (Å²) in [6, 6.07) is 22.5. The summed E-state index contributed by atoms with van der Waals surface area (Å²) >= 11 is 1.95. The standard InChI is InChI=1S/C24H22S.C2H4/c1-23(2)17-10-6-7-11-18(17)24(3,4)21-19(23)14-13-16-15-9-5-8-12-20(15)25-22(16)21;1-2/h5-14H,1-4H3;1-2H2. The van der Waals surface area contributed by atoms with Crippen molar-refractivity contribution in [3.63, 3.8) is 0 Å². The Balaban J connectivity index is 0.000000872. The summed E-state index contributed by atoms with van der Waals surface area (Å²) in [5, 5.41) is 2.79. The monoisotopic (exact) mass is 370 g/mol. The molecule has 0 spiro atoms. The number of rotatable bonds is 0. The molecule has 27 heavy (non-hydrogen) atoms. The van der Waals surface area contributed by atoms with Crippen molar-refractivity contribution in [2.24, 2.45) is 0 Å². The van der Waals surface area contributed by atoms with Crippen molar-refractivity contribution in [1.82, 2.24) is 0 Å². The Kier molecular flexibility index (Phi) is 4.05. The SMILES string of the molecule is C=C.CC1(C)c2ccccc2C(C)(C)c2c1ccc1c2sc2ccccc21. The molecule has 4 aromatic rings. The zero-order valence-corrected chi connectivity index (χ0v) is 17.4. The van der Waals surface area contributed by atoms with Gasteiger partial charge in [0.25, 0.3) is 0 Å². The minimum absolute atomic E-state index is 0.0157. The van der Waals surface area contributed by atoms with Gasteiger partial charge in [0.15, 0.2) is 0 Å². The van der Waals surface area contributed by atoms with Crippen LogP contribution in [0.25, 0.3) is 20.2 Å². The van der Waals surface area contributed by atoms with Gasteiger partial charge in [-0.2, -0.15) is 0 Å². The molecule has 0 radical (unpaired) electrons. The molecule has 1 heterocycles. The number of benzene rings is 3. The predicted octanol–water partition coefficient (Wildman–Crippen LogP) is 7.82. The molecule has 0 nitrogen and oxygen atoms in total. The maximum Gasteiger partial charge on any atom is 0.0399 e. The lowest BCUT2D eigenvalue weighted by molar-refractivity contribution is 0.525. The first-order chi connectivity index (χ1) is 12.9. The van der Waals surface area contributed by atoms with Crippen LogP contribution in [0.3, 0.4) is 0 Å². The van der Waals surface area contributed by atoms with E-state index in [0.29, 0.717) is 0 Å². The Morgan fingerprint density at radius 1 is 0.630 bits per heavy atom. The molecule has 3 aromatic carbocycles. The highest BCUT2D eigenvalue weighted by Crippen LogP contribution is 2.53. The van der Waals surface area contributed by atoms with Crippen LogP contribution in [-0.2, 0) is 10.8 Å². The number of hydrogen-bond acceptors (Lipinski definition) is 1. The lowest BCUT2D eigenvalue weighted by Gasteiger charge is -2.44. The molecule has 1 aliphatic carbocycles. The Bertz CT molecular complexity index is 1160. The maximum absolute atomic E-state index is 3.00. The molecule has 0 saturated heterocycles. The molecule has 136 valence electrons. The molecular formula is C26H26S. The fourth-order valence-corrected chi connectivity index (χ4v) is 6.19. The van der Waals surface area contributed by atoms with E-state index in [2.05, 4.69) is 102 Å². The molecule has 5 rings (SSSR count). The van der Waals surface area contributed by atoms with Crippen LogP contribution in [0.1, 0.15) is 49.9 Å². The van der Waals surface area contributed by atoms with Gasteiger partial charge in [0.1, 0.15) is 0 Å². The lowest BCUT2D eigenvalue weighted by Crippen LogP contribution is -2.36. The zero-order valence-electron chi connectivity index (χ0n) is 16.6. The summed E-state index contributed by atoms with van der Waals surface area (Å²) < 4.78 is 2.85. The molecule has 1 aromatic heterocycles. The van der Waals surface area contributed by atoms with E-state index in [1.807, 2.05) is 11.3 Å². The number of hydrogen-bond donors (Lipinski definition) is 0. The fourth-order valence-electron chi connectivity index (χ4n) is 4.78. The smallest absolute Gasteiger partial charge is 0.0399 e. The van der Waals surface area contributed by atoms with Crippen LogP contribution >= 0.6 is 11.3 Å². The van der Waals surface area contributed by atoms with Crippen molar-refractivity contribution < 1.29 is 0 Å². The third kappa shape index (κ3) is 2.34. The van der Waals surface area contributed by atoms with Crippen molar-refractivity contribution in [3.8, 4) is 0 Å². The highest BCUT2D eigenvalue weighted by Gasteiger charge is 2.42. The maximum atomic E-state index is 3.00. The van der Waals surface area contributed by atoms with Gasteiger partial charge < -0.3 is 0 Å². The van der Waals surface area contributed by atoms with Crippen LogP contribution in [0.2, 0.25) is 0 Å². The normalized spacial score (nSPS) is 16.3. The van der Waals surface area contributed by atoms with E-state index in [1.54, 1.807) is 0 Å². The van der Waals surface area contributed by atoms with Crippen molar-refractivity contribution in [3.05, 3.63) is 96.1 Å². The van der Waals surface area contributed by atoms with Crippen molar-refractivity contribution in [1.29, 1.82) is 0 Å². The van der Waals surface area contributed by atoms with Gasteiger partial charge in [0, 0.05) is 31.0 Å². The summed E-state index contributed by atoms with van der Waals surface area (Å²) in [5.41, 5.74) is 5.99. The van der Waals surface area contributed by atoms with Crippen LogP contribution in [0.4, 0.5) is 0 Å². The van der Waals surface area contributed by atoms with E-state index in [-0.39, 0.29) is 10.8 Å². The van der Waals surface area contributed by atoms with E-state index in [9.17, 15) is 0 Å². The van der Waals surface area contributed by atoms with E-state index in [0.717, 1.165) is 0 Å². The topological polar surface area (TPSA) is 0 Å². The van der Waals surface area contributed by atoms with Gasteiger partial charge in [-0.3, -0.25) is 0 Å². The van der Waals surface area contributed by atoms with Crippen molar-refractivity contribution in [2.45, 2.75) is 38.5 Å². The van der Waals surface area contributed by atoms with Crippen molar-refractivity contribution >= 4 is 31.5 Å². The van der Waals surface area contributed by atoms with Gasteiger partial charge in [-0.25, -0.2) is 0 Å². The average molecular weight is 371 g/mol. The predicted molar refractivity (Wildman–Crippen MR) is 121 cm³/mol.